The van der Waals surface area contributed by atoms with Gasteiger partial charge in [-0.15, -0.1) is 6.42 Å². The van der Waals surface area contributed by atoms with Crippen molar-refractivity contribution in [3.05, 3.63) is 46.9 Å². The summed E-state index contributed by atoms with van der Waals surface area (Å²) in [5.74, 6) is 2.73. The molecule has 2 aromatic rings. The van der Waals surface area contributed by atoms with Crippen LogP contribution < -0.4 is 5.56 Å². The van der Waals surface area contributed by atoms with Crippen LogP contribution in [0.4, 0.5) is 0 Å². The van der Waals surface area contributed by atoms with Gasteiger partial charge in [-0.05, 0) is 12.1 Å². The number of hydrogen-bond acceptors (Lipinski definition) is 5. The van der Waals surface area contributed by atoms with E-state index < -0.39 is 15.4 Å². The van der Waals surface area contributed by atoms with E-state index >= 15 is 0 Å². The lowest BCUT2D eigenvalue weighted by molar-refractivity contribution is 0.593. The lowest BCUT2D eigenvalue weighted by Gasteiger charge is -2.04. The Kier molecular flexibility index (Phi) is 4.27. The van der Waals surface area contributed by atoms with Crippen molar-refractivity contribution in [1.82, 2.24) is 9.97 Å². The molecule has 0 amide bonds. The van der Waals surface area contributed by atoms with Crippen molar-refractivity contribution in [1.29, 1.82) is 0 Å². The number of H-pyrrole nitrogens is 1. The molecule has 0 saturated carbocycles. The quantitative estimate of drug-likeness (QED) is 0.523. The van der Waals surface area contributed by atoms with Gasteiger partial charge in [-0.25, -0.2) is 13.4 Å². The first-order valence-corrected chi connectivity index (χ1v) is 7.98. The summed E-state index contributed by atoms with van der Waals surface area (Å²) in [6.45, 7) is 0. The van der Waals surface area contributed by atoms with Crippen molar-refractivity contribution < 1.29 is 8.42 Å². The molecule has 102 valence electrons. The molecule has 0 spiro atoms. The highest BCUT2D eigenvalue weighted by molar-refractivity contribution is 7.99. The number of nitrogens with one attached hydrogen (secondary N) is 1. The topological polar surface area (TPSA) is 79.9 Å². The number of sulfone groups is 1. The smallest absolute Gasteiger partial charge is 0.270 e. The first-order valence-electron chi connectivity index (χ1n) is 5.51. The van der Waals surface area contributed by atoms with E-state index in [-0.39, 0.29) is 9.79 Å². The van der Waals surface area contributed by atoms with Gasteiger partial charge in [0.1, 0.15) is 0 Å². The van der Waals surface area contributed by atoms with E-state index in [1.54, 1.807) is 18.2 Å². The molecule has 1 aromatic heterocycles. The summed E-state index contributed by atoms with van der Waals surface area (Å²) in [6.07, 6.45) is 6.16. The molecule has 7 heteroatoms. The predicted molar refractivity (Wildman–Crippen MR) is 76.3 cm³/mol. The number of aromatic amines is 1. The third-order valence-corrected chi connectivity index (χ3v) is 4.93. The second-order valence-corrected chi connectivity index (χ2v) is 6.57. The minimum Gasteiger partial charge on any atom is -0.300 e. The second kappa shape index (κ2) is 5.94. The van der Waals surface area contributed by atoms with E-state index in [0.717, 1.165) is 18.0 Å². The first-order chi connectivity index (χ1) is 9.55. The van der Waals surface area contributed by atoms with Crippen LogP contribution in [0.25, 0.3) is 0 Å². The number of aromatic nitrogens is 2. The van der Waals surface area contributed by atoms with Crippen molar-refractivity contribution in [3.63, 3.8) is 0 Å². The van der Waals surface area contributed by atoms with Gasteiger partial charge in [-0.2, -0.15) is 0 Å². The summed E-state index contributed by atoms with van der Waals surface area (Å²) in [4.78, 5) is 17.9. The van der Waals surface area contributed by atoms with Crippen LogP contribution in [0.15, 0.2) is 56.3 Å². The molecule has 0 aliphatic rings. The number of terminal acetylenes is 1. The average molecular weight is 306 g/mol. The number of thioether (sulfide) groups is 1. The van der Waals surface area contributed by atoms with Crippen LogP contribution in [-0.4, -0.2) is 24.1 Å². The van der Waals surface area contributed by atoms with Crippen molar-refractivity contribution in [2.45, 2.75) is 14.9 Å². The molecule has 0 aliphatic carbocycles. The zero-order chi connectivity index (χ0) is 14.6. The lowest BCUT2D eigenvalue weighted by Crippen LogP contribution is -2.19. The molecule has 0 aliphatic heterocycles. The molecule has 20 heavy (non-hydrogen) atoms. The molecule has 0 radical (unpaired) electrons. The SMILES string of the molecule is C#CCSc1ncc(S(=O)(=O)c2ccccc2)c(=O)[nH]1. The van der Waals surface area contributed by atoms with Crippen LogP contribution in [0.1, 0.15) is 0 Å². The Hall–Kier alpha value is -2.04. The Morgan fingerprint density at radius 2 is 2.00 bits per heavy atom. The van der Waals surface area contributed by atoms with E-state index in [0.29, 0.717) is 10.9 Å². The van der Waals surface area contributed by atoms with E-state index in [4.69, 9.17) is 6.42 Å². The first kappa shape index (κ1) is 14.4. The fraction of sp³-hybridized carbons (Fsp3) is 0.0769. The maximum atomic E-state index is 12.3. The standard InChI is InChI=1S/C13H10N2O3S2/c1-2-8-19-13-14-9-11(12(16)15-13)20(17,18)10-6-4-3-5-7-10/h1,3-7,9H,8H2,(H,14,15,16). The van der Waals surface area contributed by atoms with Crippen molar-refractivity contribution in [3.8, 4) is 12.3 Å². The Labute approximate surface area is 120 Å². The number of nitrogens with zero attached hydrogens (tertiary/aromatic N) is 1. The summed E-state index contributed by atoms with van der Waals surface area (Å²) in [6, 6.07) is 7.73. The van der Waals surface area contributed by atoms with Gasteiger partial charge in [0, 0.05) is 0 Å². The van der Waals surface area contributed by atoms with Gasteiger partial charge < -0.3 is 4.98 Å². The number of hydrogen-bond donors (Lipinski definition) is 1. The van der Waals surface area contributed by atoms with Gasteiger partial charge in [-0.3, -0.25) is 4.79 Å². The molecular formula is C13H10N2O3S2. The van der Waals surface area contributed by atoms with E-state index in [1.807, 2.05) is 0 Å². The minimum absolute atomic E-state index is 0.0522. The summed E-state index contributed by atoms with van der Waals surface area (Å²) in [5, 5.41) is 0.292. The Balaban J connectivity index is 2.44. The predicted octanol–water partition coefficient (Wildman–Crippen LogP) is 1.33. The maximum Gasteiger partial charge on any atom is 0.270 e. The Morgan fingerprint density at radius 1 is 1.30 bits per heavy atom. The minimum atomic E-state index is -3.86. The van der Waals surface area contributed by atoms with Crippen LogP contribution in [-0.2, 0) is 9.84 Å². The highest BCUT2D eigenvalue weighted by Crippen LogP contribution is 2.17. The summed E-state index contributed by atoms with van der Waals surface area (Å²) >= 11 is 1.15. The Morgan fingerprint density at radius 3 is 2.60 bits per heavy atom. The normalized spacial score (nSPS) is 10.9. The third-order valence-electron chi connectivity index (χ3n) is 2.38. The molecule has 0 bridgehead atoms. The summed E-state index contributed by atoms with van der Waals surface area (Å²) in [7, 11) is -3.86. The van der Waals surface area contributed by atoms with Gasteiger partial charge in [-0.1, -0.05) is 35.9 Å². The molecular weight excluding hydrogens is 296 g/mol. The molecule has 1 heterocycles. The Bertz CT molecular complexity index is 806. The molecule has 5 nitrogen and oxygen atoms in total. The average Bonchev–Trinajstić information content (AvgIpc) is 2.46. The molecule has 1 aromatic carbocycles. The molecule has 2 rings (SSSR count). The highest BCUT2D eigenvalue weighted by atomic mass is 32.2. The van der Waals surface area contributed by atoms with Gasteiger partial charge in [0.15, 0.2) is 10.1 Å². The second-order valence-electron chi connectivity index (χ2n) is 3.69. The van der Waals surface area contributed by atoms with Gasteiger partial charge in [0.2, 0.25) is 9.84 Å². The zero-order valence-electron chi connectivity index (χ0n) is 10.2. The van der Waals surface area contributed by atoms with Gasteiger partial charge >= 0.3 is 0 Å². The van der Waals surface area contributed by atoms with E-state index in [2.05, 4.69) is 15.9 Å². The fourth-order valence-corrected chi connectivity index (χ4v) is 3.24. The maximum absolute atomic E-state index is 12.3. The number of benzene rings is 1. The summed E-state index contributed by atoms with van der Waals surface area (Å²) < 4.78 is 24.6. The van der Waals surface area contributed by atoms with E-state index in [9.17, 15) is 13.2 Å². The van der Waals surface area contributed by atoms with Crippen LogP contribution in [0, 0.1) is 12.3 Å². The van der Waals surface area contributed by atoms with Gasteiger partial charge in [0.05, 0.1) is 16.8 Å². The molecule has 0 fully saturated rings. The molecule has 0 atom stereocenters. The van der Waals surface area contributed by atoms with Crippen LogP contribution in [0.2, 0.25) is 0 Å². The van der Waals surface area contributed by atoms with Gasteiger partial charge in [0.25, 0.3) is 5.56 Å². The van der Waals surface area contributed by atoms with Crippen LogP contribution in [0.5, 0.6) is 0 Å². The third kappa shape index (κ3) is 2.92. The van der Waals surface area contributed by atoms with Crippen molar-refractivity contribution in [2.75, 3.05) is 5.75 Å². The monoisotopic (exact) mass is 306 g/mol. The van der Waals surface area contributed by atoms with E-state index in [1.165, 1.54) is 12.1 Å². The van der Waals surface area contributed by atoms with Crippen LogP contribution in [0.3, 0.4) is 0 Å². The number of rotatable bonds is 4. The van der Waals surface area contributed by atoms with Crippen molar-refractivity contribution in [2.24, 2.45) is 0 Å². The zero-order valence-corrected chi connectivity index (χ0v) is 11.9. The molecule has 0 unspecified atom stereocenters. The van der Waals surface area contributed by atoms with Crippen LogP contribution >= 0.6 is 11.8 Å². The molecule has 1 N–H and O–H groups in total. The van der Waals surface area contributed by atoms with Crippen molar-refractivity contribution >= 4 is 21.6 Å². The largest absolute Gasteiger partial charge is 0.300 e. The lowest BCUT2D eigenvalue weighted by atomic mass is 10.4. The fourth-order valence-electron chi connectivity index (χ4n) is 1.47. The summed E-state index contributed by atoms with van der Waals surface area (Å²) in [5.41, 5.74) is -0.705. The molecule has 0 saturated heterocycles. The highest BCUT2D eigenvalue weighted by Gasteiger charge is 2.21.